The van der Waals surface area contributed by atoms with E-state index in [1.807, 2.05) is 6.92 Å². The van der Waals surface area contributed by atoms with E-state index in [1.165, 1.54) is 0 Å². The molecular formula is C11H20N4O. The number of methoxy groups -OCH3 is 1. The van der Waals surface area contributed by atoms with Gasteiger partial charge < -0.3 is 15.8 Å². The Morgan fingerprint density at radius 2 is 2.06 bits per heavy atom. The van der Waals surface area contributed by atoms with Gasteiger partial charge in [0.2, 0.25) is 5.88 Å². The quantitative estimate of drug-likeness (QED) is 0.721. The molecular weight excluding hydrogens is 204 g/mol. The minimum Gasteiger partial charge on any atom is -0.479 e. The number of ether oxygens (including phenoxy) is 1. The van der Waals surface area contributed by atoms with Gasteiger partial charge in [0.1, 0.15) is 11.5 Å². The van der Waals surface area contributed by atoms with Crippen LogP contribution in [0.1, 0.15) is 32.5 Å². The highest BCUT2D eigenvalue weighted by atomic mass is 16.5. The summed E-state index contributed by atoms with van der Waals surface area (Å²) in [7, 11) is 1.56. The van der Waals surface area contributed by atoms with Crippen molar-refractivity contribution in [3.8, 4) is 5.88 Å². The van der Waals surface area contributed by atoms with Crippen molar-refractivity contribution < 1.29 is 4.74 Å². The monoisotopic (exact) mass is 224 g/mol. The van der Waals surface area contributed by atoms with Gasteiger partial charge in [0.15, 0.2) is 5.82 Å². The zero-order valence-electron chi connectivity index (χ0n) is 10.2. The molecule has 5 heteroatoms. The number of aromatic nitrogens is 2. The van der Waals surface area contributed by atoms with Crippen LogP contribution in [-0.2, 0) is 6.42 Å². The summed E-state index contributed by atoms with van der Waals surface area (Å²) in [5, 5.41) is 3.21. The van der Waals surface area contributed by atoms with E-state index in [4.69, 9.17) is 10.5 Å². The van der Waals surface area contributed by atoms with Crippen molar-refractivity contribution in [2.45, 2.75) is 33.1 Å². The molecule has 0 radical (unpaired) electrons. The van der Waals surface area contributed by atoms with E-state index in [0.717, 1.165) is 31.6 Å². The van der Waals surface area contributed by atoms with Crippen molar-refractivity contribution >= 4 is 11.5 Å². The number of nitrogens with two attached hydrogens (primary N) is 1. The lowest BCUT2D eigenvalue weighted by atomic mass is 10.3. The number of unbranched alkanes of at least 4 members (excludes halogenated alkanes) is 1. The highest BCUT2D eigenvalue weighted by Crippen LogP contribution is 2.25. The molecule has 90 valence electrons. The smallest absolute Gasteiger partial charge is 0.242 e. The van der Waals surface area contributed by atoms with Gasteiger partial charge in [-0.2, -0.15) is 4.98 Å². The predicted octanol–water partition coefficient (Wildman–Crippen LogP) is 1.84. The minimum absolute atomic E-state index is 0.450. The normalized spacial score (nSPS) is 10.2. The van der Waals surface area contributed by atoms with Crippen LogP contribution in [0.15, 0.2) is 0 Å². The third-order valence-electron chi connectivity index (χ3n) is 2.29. The zero-order valence-corrected chi connectivity index (χ0v) is 10.2. The first kappa shape index (κ1) is 12.5. The van der Waals surface area contributed by atoms with E-state index in [-0.39, 0.29) is 0 Å². The van der Waals surface area contributed by atoms with Crippen molar-refractivity contribution in [3.05, 3.63) is 5.82 Å². The van der Waals surface area contributed by atoms with Gasteiger partial charge in [0.25, 0.3) is 0 Å². The average Bonchev–Trinajstić information content (AvgIpc) is 2.31. The maximum Gasteiger partial charge on any atom is 0.242 e. The largest absolute Gasteiger partial charge is 0.479 e. The summed E-state index contributed by atoms with van der Waals surface area (Å²) in [4.78, 5) is 8.54. The molecule has 0 aromatic carbocycles. The van der Waals surface area contributed by atoms with Crippen molar-refractivity contribution in [1.29, 1.82) is 0 Å². The molecule has 0 aliphatic rings. The molecule has 0 saturated heterocycles. The van der Waals surface area contributed by atoms with E-state index in [0.29, 0.717) is 17.4 Å². The summed E-state index contributed by atoms with van der Waals surface area (Å²) in [5.41, 5.74) is 6.37. The lowest BCUT2D eigenvalue weighted by Crippen LogP contribution is -2.10. The average molecular weight is 224 g/mol. The van der Waals surface area contributed by atoms with Crippen LogP contribution < -0.4 is 15.8 Å². The standard InChI is InChI=1S/C11H20N4O/c1-4-6-7-13-10-9(12)11(16-3)15-8(5-2)14-10/h4-7,12H2,1-3H3,(H,13,14,15). The molecule has 0 spiro atoms. The molecule has 1 heterocycles. The number of nitrogens with one attached hydrogen (secondary N) is 1. The Morgan fingerprint density at radius 3 is 2.62 bits per heavy atom. The van der Waals surface area contributed by atoms with Gasteiger partial charge in [-0.3, -0.25) is 0 Å². The van der Waals surface area contributed by atoms with E-state index in [9.17, 15) is 0 Å². The number of nitrogens with zero attached hydrogens (tertiary/aromatic N) is 2. The first-order chi connectivity index (χ1) is 7.72. The van der Waals surface area contributed by atoms with Gasteiger partial charge in [-0.15, -0.1) is 0 Å². The molecule has 0 bridgehead atoms. The van der Waals surface area contributed by atoms with E-state index in [2.05, 4.69) is 22.2 Å². The second-order valence-corrected chi connectivity index (χ2v) is 3.55. The van der Waals surface area contributed by atoms with Crippen LogP contribution in [-0.4, -0.2) is 23.6 Å². The Hall–Kier alpha value is -1.52. The van der Waals surface area contributed by atoms with Crippen LogP contribution in [0.4, 0.5) is 11.5 Å². The van der Waals surface area contributed by atoms with Gasteiger partial charge >= 0.3 is 0 Å². The Morgan fingerprint density at radius 1 is 1.31 bits per heavy atom. The third-order valence-corrected chi connectivity index (χ3v) is 2.29. The predicted molar refractivity (Wildman–Crippen MR) is 65.8 cm³/mol. The summed E-state index contributed by atoms with van der Waals surface area (Å²) in [6, 6.07) is 0. The van der Waals surface area contributed by atoms with Crippen LogP contribution in [0, 0.1) is 0 Å². The van der Waals surface area contributed by atoms with E-state index < -0.39 is 0 Å². The van der Waals surface area contributed by atoms with Gasteiger partial charge in [-0.05, 0) is 6.42 Å². The van der Waals surface area contributed by atoms with Crippen LogP contribution in [0.5, 0.6) is 5.88 Å². The lowest BCUT2D eigenvalue weighted by Gasteiger charge is -2.11. The fraction of sp³-hybridized carbons (Fsp3) is 0.636. The molecule has 0 amide bonds. The Balaban J connectivity index is 2.88. The molecule has 0 atom stereocenters. The van der Waals surface area contributed by atoms with Gasteiger partial charge in [0.05, 0.1) is 7.11 Å². The Labute approximate surface area is 96.4 Å². The van der Waals surface area contributed by atoms with Gasteiger partial charge in [-0.25, -0.2) is 4.98 Å². The summed E-state index contributed by atoms with van der Waals surface area (Å²) in [6.07, 6.45) is 2.99. The molecule has 1 rings (SSSR count). The number of aryl methyl sites for hydroxylation is 1. The van der Waals surface area contributed by atoms with Crippen molar-refractivity contribution in [1.82, 2.24) is 9.97 Å². The zero-order chi connectivity index (χ0) is 12.0. The highest BCUT2D eigenvalue weighted by Gasteiger charge is 2.10. The molecule has 5 nitrogen and oxygen atoms in total. The Kier molecular flexibility index (Phi) is 4.82. The molecule has 0 aliphatic heterocycles. The summed E-state index contributed by atoms with van der Waals surface area (Å²) in [5.74, 6) is 1.87. The molecule has 0 aliphatic carbocycles. The Bertz CT molecular complexity index is 341. The summed E-state index contributed by atoms with van der Waals surface area (Å²) < 4.78 is 5.12. The van der Waals surface area contributed by atoms with Crippen molar-refractivity contribution in [2.24, 2.45) is 0 Å². The molecule has 0 unspecified atom stereocenters. The number of rotatable bonds is 6. The van der Waals surface area contributed by atoms with Gasteiger partial charge in [0, 0.05) is 13.0 Å². The summed E-state index contributed by atoms with van der Waals surface area (Å²) >= 11 is 0. The number of hydrogen-bond acceptors (Lipinski definition) is 5. The van der Waals surface area contributed by atoms with Crippen LogP contribution in [0.3, 0.4) is 0 Å². The number of nitrogen functional groups attached to an aromatic ring is 1. The highest BCUT2D eigenvalue weighted by molar-refractivity contribution is 5.66. The second-order valence-electron chi connectivity index (χ2n) is 3.55. The SMILES string of the molecule is CCCCNc1nc(CC)nc(OC)c1N. The van der Waals surface area contributed by atoms with Crippen LogP contribution in [0.2, 0.25) is 0 Å². The molecule has 3 N–H and O–H groups in total. The topological polar surface area (TPSA) is 73.1 Å². The van der Waals surface area contributed by atoms with Crippen molar-refractivity contribution in [3.63, 3.8) is 0 Å². The molecule has 0 saturated carbocycles. The van der Waals surface area contributed by atoms with E-state index >= 15 is 0 Å². The van der Waals surface area contributed by atoms with E-state index in [1.54, 1.807) is 7.11 Å². The molecule has 0 fully saturated rings. The maximum absolute atomic E-state index is 5.89. The van der Waals surface area contributed by atoms with Gasteiger partial charge in [-0.1, -0.05) is 20.3 Å². The number of anilines is 2. The molecule has 16 heavy (non-hydrogen) atoms. The fourth-order valence-corrected chi connectivity index (χ4v) is 1.33. The lowest BCUT2D eigenvalue weighted by molar-refractivity contribution is 0.397. The first-order valence-electron chi connectivity index (χ1n) is 5.67. The molecule has 1 aromatic rings. The van der Waals surface area contributed by atoms with Crippen LogP contribution in [0.25, 0.3) is 0 Å². The number of hydrogen-bond donors (Lipinski definition) is 2. The van der Waals surface area contributed by atoms with Crippen LogP contribution >= 0.6 is 0 Å². The maximum atomic E-state index is 5.89. The minimum atomic E-state index is 0.450. The summed E-state index contributed by atoms with van der Waals surface area (Å²) in [6.45, 7) is 5.01. The second kappa shape index (κ2) is 6.15. The fourth-order valence-electron chi connectivity index (χ4n) is 1.33. The third kappa shape index (κ3) is 2.98. The first-order valence-corrected chi connectivity index (χ1v) is 5.67. The molecule has 1 aromatic heterocycles. The van der Waals surface area contributed by atoms with Crippen molar-refractivity contribution in [2.75, 3.05) is 24.7 Å².